The highest BCUT2D eigenvalue weighted by Crippen LogP contribution is 2.10. The van der Waals surface area contributed by atoms with Crippen LogP contribution in [0, 0.1) is 0 Å². The van der Waals surface area contributed by atoms with Gasteiger partial charge in [0.15, 0.2) is 0 Å². The van der Waals surface area contributed by atoms with Crippen LogP contribution in [-0.2, 0) is 19.1 Å². The molecule has 0 spiro atoms. The lowest BCUT2D eigenvalue weighted by Gasteiger charge is -2.22. The van der Waals surface area contributed by atoms with E-state index >= 15 is 0 Å². The Labute approximate surface area is 137 Å². The van der Waals surface area contributed by atoms with E-state index in [0.717, 1.165) is 6.42 Å². The number of carboxylic acid groups (broad SMARTS) is 1. The molecule has 0 bridgehead atoms. The molecule has 0 saturated heterocycles. The number of amides is 1. The van der Waals surface area contributed by atoms with Crippen molar-refractivity contribution in [2.45, 2.75) is 84.5 Å². The fourth-order valence-corrected chi connectivity index (χ4v) is 1.69. The zero-order valence-corrected chi connectivity index (χ0v) is 14.7. The number of hydrogen-bond acceptors (Lipinski definition) is 5. The number of alkyl carbamates (subject to hydrolysis) is 1. The summed E-state index contributed by atoms with van der Waals surface area (Å²) in [5, 5.41) is 11.4. The van der Waals surface area contributed by atoms with E-state index in [2.05, 4.69) is 5.32 Å². The van der Waals surface area contributed by atoms with Crippen molar-refractivity contribution in [1.82, 2.24) is 5.32 Å². The lowest BCUT2D eigenvalue weighted by molar-refractivity contribution is -0.148. The Morgan fingerprint density at radius 2 is 1.78 bits per heavy atom. The van der Waals surface area contributed by atoms with Gasteiger partial charge in [-0.3, -0.25) is 4.79 Å². The number of carbonyl (C=O) groups excluding carboxylic acids is 2. The van der Waals surface area contributed by atoms with Crippen LogP contribution in [-0.4, -0.2) is 40.9 Å². The van der Waals surface area contributed by atoms with Crippen LogP contribution in [0.1, 0.15) is 66.7 Å². The zero-order chi connectivity index (χ0) is 18.0. The van der Waals surface area contributed by atoms with Gasteiger partial charge in [-0.1, -0.05) is 13.3 Å². The summed E-state index contributed by atoms with van der Waals surface area (Å²) >= 11 is 0. The normalized spacial score (nSPS) is 13.8. The first-order valence-corrected chi connectivity index (χ1v) is 7.97. The van der Waals surface area contributed by atoms with E-state index in [9.17, 15) is 14.4 Å². The van der Waals surface area contributed by atoms with Gasteiger partial charge in [0.25, 0.3) is 0 Å². The molecule has 0 aliphatic carbocycles. The minimum absolute atomic E-state index is 0.108. The number of esters is 1. The number of unbranched alkanes of at least 4 members (excludes halogenated alkanes) is 1. The number of carbonyl (C=O) groups is 3. The van der Waals surface area contributed by atoms with Crippen molar-refractivity contribution in [2.75, 3.05) is 0 Å². The molecule has 0 rings (SSSR count). The Morgan fingerprint density at radius 1 is 1.17 bits per heavy atom. The largest absolute Gasteiger partial charge is 0.480 e. The van der Waals surface area contributed by atoms with Crippen LogP contribution in [0.2, 0.25) is 0 Å². The predicted octanol–water partition coefficient (Wildman–Crippen LogP) is 2.87. The summed E-state index contributed by atoms with van der Waals surface area (Å²) in [5.74, 6) is -1.41. The number of nitrogens with one attached hydrogen (secondary N) is 1. The van der Waals surface area contributed by atoms with Crippen molar-refractivity contribution in [3.05, 3.63) is 0 Å². The van der Waals surface area contributed by atoms with Crippen molar-refractivity contribution in [2.24, 2.45) is 0 Å². The van der Waals surface area contributed by atoms with Crippen molar-refractivity contribution in [3.8, 4) is 0 Å². The second-order valence-electron chi connectivity index (χ2n) is 6.49. The molecule has 0 aromatic heterocycles. The Hall–Kier alpha value is -1.79. The summed E-state index contributed by atoms with van der Waals surface area (Å²) in [6.45, 7) is 8.85. The standard InChI is InChI=1S/C16H29NO6/c1-6-11(2)22-13(18)10-8-7-9-12(14(19)20)17-15(21)23-16(3,4)5/h11-12H,6-10H2,1-5H3,(H,17,21)(H,19,20)/t11?,12-/m0/s1. The quantitative estimate of drug-likeness (QED) is 0.497. The maximum Gasteiger partial charge on any atom is 0.408 e. The molecule has 7 heteroatoms. The van der Waals surface area contributed by atoms with Gasteiger partial charge in [-0.2, -0.15) is 0 Å². The third-order valence-electron chi connectivity index (χ3n) is 3.02. The molecule has 0 aliphatic heterocycles. The smallest absolute Gasteiger partial charge is 0.408 e. The molecule has 7 nitrogen and oxygen atoms in total. The molecule has 2 N–H and O–H groups in total. The zero-order valence-electron chi connectivity index (χ0n) is 14.7. The molecule has 0 aliphatic rings. The van der Waals surface area contributed by atoms with E-state index in [4.69, 9.17) is 14.6 Å². The van der Waals surface area contributed by atoms with Gasteiger partial charge in [0, 0.05) is 6.42 Å². The van der Waals surface area contributed by atoms with Crippen LogP contribution in [0.3, 0.4) is 0 Å². The van der Waals surface area contributed by atoms with Gasteiger partial charge in [-0.25, -0.2) is 9.59 Å². The fraction of sp³-hybridized carbons (Fsp3) is 0.812. The average Bonchev–Trinajstić information content (AvgIpc) is 2.39. The van der Waals surface area contributed by atoms with Gasteiger partial charge < -0.3 is 19.9 Å². The predicted molar refractivity (Wildman–Crippen MR) is 85.1 cm³/mol. The van der Waals surface area contributed by atoms with E-state index in [0.29, 0.717) is 12.8 Å². The van der Waals surface area contributed by atoms with Gasteiger partial charge in [-0.15, -0.1) is 0 Å². The van der Waals surface area contributed by atoms with Crippen molar-refractivity contribution < 1.29 is 29.0 Å². The second-order valence-corrected chi connectivity index (χ2v) is 6.49. The first-order chi connectivity index (χ1) is 10.5. The summed E-state index contributed by atoms with van der Waals surface area (Å²) in [6.07, 6.45) is 1.35. The minimum Gasteiger partial charge on any atom is -0.480 e. The highest BCUT2D eigenvalue weighted by atomic mass is 16.6. The van der Waals surface area contributed by atoms with Gasteiger partial charge in [0.05, 0.1) is 6.10 Å². The molecule has 134 valence electrons. The van der Waals surface area contributed by atoms with E-state index in [-0.39, 0.29) is 24.9 Å². The van der Waals surface area contributed by atoms with Crippen LogP contribution in [0.15, 0.2) is 0 Å². The van der Waals surface area contributed by atoms with Crippen LogP contribution in [0.25, 0.3) is 0 Å². The lowest BCUT2D eigenvalue weighted by atomic mass is 10.1. The Morgan fingerprint density at radius 3 is 2.26 bits per heavy atom. The third kappa shape index (κ3) is 11.4. The molecule has 2 atom stereocenters. The van der Waals surface area contributed by atoms with Gasteiger partial charge in [0.2, 0.25) is 0 Å². The molecule has 23 heavy (non-hydrogen) atoms. The third-order valence-corrected chi connectivity index (χ3v) is 3.02. The molecule has 0 aromatic rings. The summed E-state index contributed by atoms with van der Waals surface area (Å²) in [5.41, 5.74) is -0.688. The molecule has 0 heterocycles. The van der Waals surface area contributed by atoms with Crippen LogP contribution in [0.5, 0.6) is 0 Å². The van der Waals surface area contributed by atoms with Crippen molar-refractivity contribution in [3.63, 3.8) is 0 Å². The maximum absolute atomic E-state index is 11.6. The molecular formula is C16H29NO6. The Bertz CT molecular complexity index is 402. The molecule has 1 amide bonds. The maximum atomic E-state index is 11.6. The molecule has 0 aromatic carbocycles. The number of ether oxygens (including phenoxy) is 2. The van der Waals surface area contributed by atoms with Gasteiger partial charge in [-0.05, 0) is 47.0 Å². The average molecular weight is 331 g/mol. The topological polar surface area (TPSA) is 102 Å². The number of aliphatic carboxylic acids is 1. The van der Waals surface area contributed by atoms with E-state index < -0.39 is 23.7 Å². The molecule has 0 saturated carbocycles. The van der Waals surface area contributed by atoms with Crippen LogP contribution < -0.4 is 5.32 Å². The highest BCUT2D eigenvalue weighted by Gasteiger charge is 2.23. The van der Waals surface area contributed by atoms with Crippen molar-refractivity contribution in [1.29, 1.82) is 0 Å². The van der Waals surface area contributed by atoms with E-state index in [1.54, 1.807) is 20.8 Å². The van der Waals surface area contributed by atoms with E-state index in [1.165, 1.54) is 0 Å². The number of carboxylic acids is 1. The minimum atomic E-state index is -1.13. The molecule has 1 unspecified atom stereocenters. The Kier molecular flexibility index (Phi) is 9.29. The summed E-state index contributed by atoms with van der Waals surface area (Å²) in [6, 6.07) is -1.03. The monoisotopic (exact) mass is 331 g/mol. The first kappa shape index (κ1) is 21.2. The van der Waals surface area contributed by atoms with Crippen LogP contribution in [0.4, 0.5) is 4.79 Å². The highest BCUT2D eigenvalue weighted by molar-refractivity contribution is 5.80. The van der Waals surface area contributed by atoms with Crippen molar-refractivity contribution >= 4 is 18.0 Å². The summed E-state index contributed by atoms with van der Waals surface area (Å²) in [4.78, 5) is 34.2. The van der Waals surface area contributed by atoms with E-state index in [1.807, 2.05) is 13.8 Å². The summed E-state index contributed by atoms with van der Waals surface area (Å²) < 4.78 is 10.2. The molecule has 0 radical (unpaired) electrons. The lowest BCUT2D eigenvalue weighted by Crippen LogP contribution is -2.43. The second kappa shape index (κ2) is 10.1. The molecule has 0 fully saturated rings. The Balaban J connectivity index is 4.13. The fourth-order valence-electron chi connectivity index (χ4n) is 1.69. The SMILES string of the molecule is CCC(C)OC(=O)CCCC[C@H](NC(=O)OC(C)(C)C)C(=O)O. The first-order valence-electron chi connectivity index (χ1n) is 7.97. The van der Waals surface area contributed by atoms with Gasteiger partial charge >= 0.3 is 18.0 Å². The van der Waals surface area contributed by atoms with Crippen LogP contribution >= 0.6 is 0 Å². The number of rotatable bonds is 9. The number of hydrogen-bond donors (Lipinski definition) is 2. The molecular weight excluding hydrogens is 302 g/mol. The summed E-state index contributed by atoms with van der Waals surface area (Å²) in [7, 11) is 0. The van der Waals surface area contributed by atoms with Gasteiger partial charge in [0.1, 0.15) is 11.6 Å².